The zero-order valence-electron chi connectivity index (χ0n) is 18.0. The molecule has 1 aliphatic heterocycles. The predicted octanol–water partition coefficient (Wildman–Crippen LogP) is -0.241. The monoisotopic (exact) mass is 447 g/mol. The quantitative estimate of drug-likeness (QED) is 0.152. The topological polar surface area (TPSA) is 120 Å². The van der Waals surface area contributed by atoms with Crippen molar-refractivity contribution in [3.05, 3.63) is 0 Å². The summed E-state index contributed by atoms with van der Waals surface area (Å²) in [6.45, 7) is 6.02. The Hall–Kier alpha value is -1.94. The number of hydrogen-bond donors (Lipinski definition) is 1. The van der Waals surface area contributed by atoms with E-state index in [1.165, 1.54) is 0 Å². The molecule has 1 rings (SSSR count). The largest absolute Gasteiger partial charge is 0.508 e. The number of cyclic esters (lactones) is 2. The van der Waals surface area contributed by atoms with Gasteiger partial charge in [-0.05, 0) is 6.92 Å². The minimum Gasteiger partial charge on any atom is -0.430 e. The highest BCUT2D eigenvalue weighted by Crippen LogP contribution is 2.13. The second kappa shape index (κ2) is 18.8. The molecule has 0 saturated carbocycles. The van der Waals surface area contributed by atoms with E-state index in [1.807, 2.05) is 6.92 Å². The molecule has 11 heteroatoms. The lowest BCUT2D eigenvalue weighted by Crippen LogP contribution is -2.39. The Morgan fingerprint density at radius 1 is 1.10 bits per heavy atom. The molecule has 178 valence electrons. The average molecular weight is 447 g/mol. The van der Waals surface area contributed by atoms with Crippen molar-refractivity contribution >= 4 is 12.1 Å². The van der Waals surface area contributed by atoms with Crippen molar-refractivity contribution in [2.24, 2.45) is 0 Å². The van der Waals surface area contributed by atoms with Crippen LogP contribution in [-0.2, 0) is 42.7 Å². The zero-order valence-corrected chi connectivity index (χ0v) is 18.0. The van der Waals surface area contributed by atoms with Crippen molar-refractivity contribution in [3.8, 4) is 12.3 Å². The Morgan fingerprint density at radius 2 is 1.74 bits per heavy atom. The van der Waals surface area contributed by atoms with Crippen LogP contribution < -0.4 is 5.32 Å². The third kappa shape index (κ3) is 14.7. The highest BCUT2D eigenvalue weighted by Gasteiger charge is 2.34. The molecule has 0 aromatic carbocycles. The maximum atomic E-state index is 11.9. The van der Waals surface area contributed by atoms with E-state index < -0.39 is 18.4 Å². The van der Waals surface area contributed by atoms with Gasteiger partial charge in [0.2, 0.25) is 5.91 Å². The molecule has 1 N–H and O–H groups in total. The number of amides is 1. The van der Waals surface area contributed by atoms with Gasteiger partial charge in [-0.25, -0.2) is 4.79 Å². The van der Waals surface area contributed by atoms with Crippen molar-refractivity contribution in [3.63, 3.8) is 0 Å². The molecule has 1 aliphatic rings. The van der Waals surface area contributed by atoms with Crippen molar-refractivity contribution in [1.82, 2.24) is 5.32 Å². The second-order valence-electron chi connectivity index (χ2n) is 6.17. The van der Waals surface area contributed by atoms with Crippen LogP contribution in [0.2, 0.25) is 0 Å². The number of nitrogens with one attached hydrogen (secondary N) is 1. The van der Waals surface area contributed by atoms with E-state index in [2.05, 4.69) is 11.2 Å². The molecular formula is C20H33NO10. The summed E-state index contributed by atoms with van der Waals surface area (Å²) < 4.78 is 41.7. The maximum Gasteiger partial charge on any atom is 0.508 e. The summed E-state index contributed by atoms with van der Waals surface area (Å²) in [4.78, 5) is 23.0. The van der Waals surface area contributed by atoms with Gasteiger partial charge < -0.3 is 43.2 Å². The molecule has 0 aromatic heterocycles. The molecule has 0 aromatic rings. The Kier molecular flexibility index (Phi) is 16.4. The van der Waals surface area contributed by atoms with E-state index in [9.17, 15) is 9.59 Å². The van der Waals surface area contributed by atoms with Gasteiger partial charge in [0.05, 0.1) is 52.9 Å². The number of carbonyl (C=O) groups excluding carboxylic acids is 2. The van der Waals surface area contributed by atoms with Crippen molar-refractivity contribution in [2.45, 2.75) is 19.1 Å². The predicted molar refractivity (Wildman–Crippen MR) is 108 cm³/mol. The van der Waals surface area contributed by atoms with Crippen molar-refractivity contribution in [1.29, 1.82) is 0 Å². The van der Waals surface area contributed by atoms with Crippen LogP contribution in [0, 0.1) is 12.3 Å². The first-order chi connectivity index (χ1) is 15.2. The molecule has 31 heavy (non-hydrogen) atoms. The molecule has 1 amide bonds. The summed E-state index contributed by atoms with van der Waals surface area (Å²) in [6, 6.07) is 0. The van der Waals surface area contributed by atoms with Gasteiger partial charge in [-0.3, -0.25) is 4.79 Å². The highest BCUT2D eigenvalue weighted by molar-refractivity contribution is 5.77. The molecule has 1 heterocycles. The minimum absolute atomic E-state index is 0.0706. The summed E-state index contributed by atoms with van der Waals surface area (Å²) in [5.41, 5.74) is 0. The highest BCUT2D eigenvalue weighted by atomic mass is 16.8. The van der Waals surface area contributed by atoms with E-state index >= 15 is 0 Å². The van der Waals surface area contributed by atoms with Gasteiger partial charge in [0.1, 0.15) is 25.9 Å². The molecule has 0 spiro atoms. The van der Waals surface area contributed by atoms with Crippen LogP contribution in [0.25, 0.3) is 0 Å². The van der Waals surface area contributed by atoms with E-state index in [4.69, 9.17) is 44.3 Å². The van der Waals surface area contributed by atoms with Crippen LogP contribution >= 0.6 is 0 Å². The molecule has 0 unspecified atom stereocenters. The third-order valence-corrected chi connectivity index (χ3v) is 3.81. The zero-order chi connectivity index (χ0) is 22.6. The first-order valence-electron chi connectivity index (χ1n) is 10.2. The molecule has 1 saturated heterocycles. The Morgan fingerprint density at radius 3 is 2.32 bits per heavy atom. The molecule has 11 nitrogen and oxygen atoms in total. The van der Waals surface area contributed by atoms with Crippen LogP contribution in [-0.4, -0.2) is 110 Å². The van der Waals surface area contributed by atoms with E-state index in [0.29, 0.717) is 59.4 Å². The summed E-state index contributed by atoms with van der Waals surface area (Å²) in [5, 5.41) is 2.68. The third-order valence-electron chi connectivity index (χ3n) is 3.81. The molecule has 2 atom stereocenters. The Bertz CT molecular complexity index is 525. The molecule has 0 bridgehead atoms. The smallest absolute Gasteiger partial charge is 0.430 e. The summed E-state index contributed by atoms with van der Waals surface area (Å²) >= 11 is 0. The van der Waals surface area contributed by atoms with Gasteiger partial charge in [-0.2, -0.15) is 0 Å². The van der Waals surface area contributed by atoms with Gasteiger partial charge in [-0.1, -0.05) is 5.92 Å². The van der Waals surface area contributed by atoms with Crippen LogP contribution in [0.4, 0.5) is 4.79 Å². The minimum atomic E-state index is -0.751. The number of rotatable bonds is 20. The van der Waals surface area contributed by atoms with Crippen LogP contribution in [0.1, 0.15) is 6.92 Å². The van der Waals surface area contributed by atoms with Crippen LogP contribution in [0.15, 0.2) is 0 Å². The fourth-order valence-electron chi connectivity index (χ4n) is 2.31. The van der Waals surface area contributed by atoms with E-state index in [1.54, 1.807) is 0 Å². The van der Waals surface area contributed by atoms with Crippen LogP contribution in [0.3, 0.4) is 0 Å². The van der Waals surface area contributed by atoms with Gasteiger partial charge in [0.25, 0.3) is 0 Å². The molecule has 1 fully saturated rings. The van der Waals surface area contributed by atoms with E-state index in [-0.39, 0.29) is 32.3 Å². The van der Waals surface area contributed by atoms with Gasteiger partial charge in [0.15, 0.2) is 6.10 Å². The number of hydrogen-bond acceptors (Lipinski definition) is 10. The standard InChI is InChI=1S/C20H33NO10/c1-3-6-25-8-10-27-12-13-28-11-9-26-7-5-21-19(22)16-29-17(14-24-4-2)18-15-30-20(23)31-18/h1,17-18H,4-16H2,2H3,(H,21,22)/t17-,18+/m0/s1. The fraction of sp³-hybridized carbons (Fsp3) is 0.800. The number of terminal acetylenes is 1. The summed E-state index contributed by atoms with van der Waals surface area (Å²) in [5.74, 6) is 2.06. The lowest BCUT2D eigenvalue weighted by atomic mass is 10.2. The lowest BCUT2D eigenvalue weighted by Gasteiger charge is -2.20. The first-order valence-corrected chi connectivity index (χ1v) is 10.2. The normalized spacial score (nSPS) is 16.4. The van der Waals surface area contributed by atoms with E-state index in [0.717, 1.165) is 0 Å². The average Bonchev–Trinajstić information content (AvgIpc) is 3.20. The molecule has 0 aliphatic carbocycles. The SMILES string of the molecule is C#CCOCCOCCOCCOCCNC(=O)CO[C@@H](COCC)[C@H]1COC(=O)O1. The molecule has 0 radical (unpaired) electrons. The molecular weight excluding hydrogens is 414 g/mol. The Balaban J connectivity index is 1.94. The first kappa shape index (κ1) is 27.1. The second-order valence-corrected chi connectivity index (χ2v) is 6.17. The lowest BCUT2D eigenvalue weighted by molar-refractivity contribution is -0.133. The number of ether oxygens (including phenoxy) is 8. The number of carbonyl (C=O) groups is 2. The summed E-state index contributed by atoms with van der Waals surface area (Å²) in [7, 11) is 0. The van der Waals surface area contributed by atoms with Crippen molar-refractivity contribution in [2.75, 3.05) is 85.8 Å². The van der Waals surface area contributed by atoms with Gasteiger partial charge >= 0.3 is 6.16 Å². The fourth-order valence-corrected chi connectivity index (χ4v) is 2.31. The maximum absolute atomic E-state index is 11.9. The van der Waals surface area contributed by atoms with Gasteiger partial charge in [-0.15, -0.1) is 6.42 Å². The van der Waals surface area contributed by atoms with Crippen LogP contribution in [0.5, 0.6) is 0 Å². The summed E-state index contributed by atoms with van der Waals surface area (Å²) in [6.07, 6.45) is 3.13. The van der Waals surface area contributed by atoms with Crippen molar-refractivity contribution < 1.29 is 47.5 Å². The van der Waals surface area contributed by atoms with Gasteiger partial charge in [0, 0.05) is 13.2 Å². The Labute approximate surface area is 182 Å².